The summed E-state index contributed by atoms with van der Waals surface area (Å²) >= 11 is 0. The lowest BCUT2D eigenvalue weighted by atomic mass is 9.75. The van der Waals surface area contributed by atoms with Crippen LogP contribution >= 0.6 is 0 Å². The van der Waals surface area contributed by atoms with Gasteiger partial charge in [-0.15, -0.1) is 0 Å². The number of aromatic nitrogens is 2. The summed E-state index contributed by atoms with van der Waals surface area (Å²) in [5, 5.41) is 4.38. The molecular formula is C20H25N3O. The van der Waals surface area contributed by atoms with E-state index < -0.39 is 0 Å². The minimum atomic E-state index is 0.151. The first kappa shape index (κ1) is 15.4. The second-order valence-corrected chi connectivity index (χ2v) is 7.26. The first-order chi connectivity index (χ1) is 11.8. The van der Waals surface area contributed by atoms with Crippen LogP contribution in [0.4, 0.5) is 0 Å². The van der Waals surface area contributed by atoms with Crippen molar-refractivity contribution >= 4 is 5.91 Å². The van der Waals surface area contributed by atoms with Crippen LogP contribution in [0, 0.1) is 11.8 Å². The summed E-state index contributed by atoms with van der Waals surface area (Å²) in [7, 11) is 0. The van der Waals surface area contributed by atoms with Gasteiger partial charge in [0.25, 0.3) is 5.91 Å². The first-order valence-electron chi connectivity index (χ1n) is 9.15. The Balaban J connectivity index is 1.41. The van der Waals surface area contributed by atoms with Gasteiger partial charge in [0.15, 0.2) is 0 Å². The summed E-state index contributed by atoms with van der Waals surface area (Å²) in [6.45, 7) is 2.55. The van der Waals surface area contributed by atoms with Gasteiger partial charge in [0.1, 0.15) is 0 Å². The highest BCUT2D eigenvalue weighted by Crippen LogP contribution is 2.36. The van der Waals surface area contributed by atoms with Crippen LogP contribution in [0.3, 0.4) is 0 Å². The molecule has 2 aromatic rings. The Morgan fingerprint density at radius 3 is 2.71 bits per heavy atom. The van der Waals surface area contributed by atoms with E-state index in [4.69, 9.17) is 0 Å². The molecule has 0 spiro atoms. The van der Waals surface area contributed by atoms with Crippen LogP contribution in [0.2, 0.25) is 0 Å². The number of rotatable bonds is 3. The molecule has 0 radical (unpaired) electrons. The van der Waals surface area contributed by atoms with E-state index in [1.54, 1.807) is 6.20 Å². The van der Waals surface area contributed by atoms with Crippen LogP contribution in [0.25, 0.3) is 0 Å². The SMILES string of the molecule is O=C(c1cnn(Cc2ccccc2)c1)N1CC[C@@H]2CCCC[C@@H]2C1. The molecule has 2 aliphatic rings. The van der Waals surface area contributed by atoms with E-state index in [1.165, 1.54) is 37.7 Å². The molecule has 1 saturated heterocycles. The topological polar surface area (TPSA) is 38.1 Å². The molecule has 4 heteroatoms. The molecule has 24 heavy (non-hydrogen) atoms. The predicted molar refractivity (Wildman–Crippen MR) is 93.7 cm³/mol. The Morgan fingerprint density at radius 2 is 1.88 bits per heavy atom. The summed E-state index contributed by atoms with van der Waals surface area (Å²) in [6, 6.07) is 10.2. The molecule has 2 atom stereocenters. The Morgan fingerprint density at radius 1 is 1.08 bits per heavy atom. The van der Waals surface area contributed by atoms with Gasteiger partial charge in [-0.2, -0.15) is 5.10 Å². The zero-order valence-corrected chi connectivity index (χ0v) is 14.1. The van der Waals surface area contributed by atoms with E-state index in [2.05, 4.69) is 22.1 Å². The zero-order valence-electron chi connectivity index (χ0n) is 14.1. The molecule has 2 heterocycles. The van der Waals surface area contributed by atoms with Crippen molar-refractivity contribution in [3.05, 3.63) is 53.9 Å². The third-order valence-electron chi connectivity index (χ3n) is 5.65. The molecule has 4 nitrogen and oxygen atoms in total. The molecule has 1 aromatic carbocycles. The minimum Gasteiger partial charge on any atom is -0.338 e. The van der Waals surface area contributed by atoms with Gasteiger partial charge in [0.2, 0.25) is 0 Å². The van der Waals surface area contributed by atoms with Crippen molar-refractivity contribution in [1.82, 2.24) is 14.7 Å². The Labute approximate surface area is 143 Å². The molecule has 1 aliphatic carbocycles. The molecule has 1 aromatic heterocycles. The van der Waals surface area contributed by atoms with Gasteiger partial charge in [-0.25, -0.2) is 0 Å². The highest BCUT2D eigenvalue weighted by molar-refractivity contribution is 5.93. The van der Waals surface area contributed by atoms with Gasteiger partial charge in [0.05, 0.1) is 18.3 Å². The normalized spacial score (nSPS) is 23.8. The third-order valence-corrected chi connectivity index (χ3v) is 5.65. The van der Waals surface area contributed by atoms with E-state index in [-0.39, 0.29) is 5.91 Å². The van der Waals surface area contributed by atoms with Crippen molar-refractivity contribution in [1.29, 1.82) is 0 Å². The summed E-state index contributed by atoms with van der Waals surface area (Å²) in [5.74, 6) is 1.72. The van der Waals surface area contributed by atoms with E-state index in [0.717, 1.165) is 30.5 Å². The largest absolute Gasteiger partial charge is 0.338 e. The Bertz CT molecular complexity index is 694. The zero-order chi connectivity index (χ0) is 16.4. The molecule has 0 unspecified atom stereocenters. The predicted octanol–water partition coefficient (Wildman–Crippen LogP) is 3.58. The van der Waals surface area contributed by atoms with Crippen molar-refractivity contribution in [3.63, 3.8) is 0 Å². The van der Waals surface area contributed by atoms with Crippen molar-refractivity contribution in [2.75, 3.05) is 13.1 Å². The fourth-order valence-electron chi connectivity index (χ4n) is 4.30. The molecule has 4 rings (SSSR count). The maximum Gasteiger partial charge on any atom is 0.257 e. The van der Waals surface area contributed by atoms with Crippen molar-refractivity contribution in [2.24, 2.45) is 11.8 Å². The quantitative estimate of drug-likeness (QED) is 0.866. The van der Waals surface area contributed by atoms with Crippen LogP contribution in [-0.2, 0) is 6.54 Å². The van der Waals surface area contributed by atoms with E-state index in [9.17, 15) is 4.79 Å². The molecule has 126 valence electrons. The van der Waals surface area contributed by atoms with E-state index in [1.807, 2.05) is 29.1 Å². The van der Waals surface area contributed by atoms with Gasteiger partial charge < -0.3 is 4.90 Å². The molecule has 1 saturated carbocycles. The van der Waals surface area contributed by atoms with Gasteiger partial charge >= 0.3 is 0 Å². The monoisotopic (exact) mass is 323 g/mol. The molecule has 0 bridgehead atoms. The second-order valence-electron chi connectivity index (χ2n) is 7.26. The fraction of sp³-hybridized carbons (Fsp3) is 0.500. The maximum absolute atomic E-state index is 12.8. The van der Waals surface area contributed by atoms with Crippen LogP contribution in [-0.4, -0.2) is 33.7 Å². The van der Waals surface area contributed by atoms with Crippen LogP contribution in [0.5, 0.6) is 0 Å². The number of nitrogens with zero attached hydrogens (tertiary/aromatic N) is 3. The highest BCUT2D eigenvalue weighted by atomic mass is 16.2. The number of carbonyl (C=O) groups excluding carboxylic acids is 1. The minimum absolute atomic E-state index is 0.151. The summed E-state index contributed by atoms with van der Waals surface area (Å²) < 4.78 is 1.86. The number of piperidine rings is 1. The number of hydrogen-bond acceptors (Lipinski definition) is 2. The van der Waals surface area contributed by atoms with Gasteiger partial charge in [-0.1, -0.05) is 49.6 Å². The number of hydrogen-bond donors (Lipinski definition) is 0. The van der Waals surface area contributed by atoms with E-state index >= 15 is 0 Å². The fourth-order valence-corrected chi connectivity index (χ4v) is 4.30. The Hall–Kier alpha value is -2.10. The highest BCUT2D eigenvalue weighted by Gasteiger charge is 2.33. The number of benzene rings is 1. The number of likely N-dealkylation sites (tertiary alicyclic amines) is 1. The van der Waals surface area contributed by atoms with Crippen molar-refractivity contribution in [2.45, 2.75) is 38.6 Å². The van der Waals surface area contributed by atoms with Crippen LogP contribution in [0.1, 0.15) is 48.0 Å². The average Bonchev–Trinajstić information content (AvgIpc) is 3.10. The van der Waals surface area contributed by atoms with Crippen LogP contribution in [0.15, 0.2) is 42.7 Å². The Kier molecular flexibility index (Phi) is 4.37. The van der Waals surface area contributed by atoms with Gasteiger partial charge in [-0.3, -0.25) is 9.48 Å². The summed E-state index contributed by atoms with van der Waals surface area (Å²) in [4.78, 5) is 14.9. The lowest BCUT2D eigenvalue weighted by molar-refractivity contribution is 0.0521. The number of amides is 1. The summed E-state index contributed by atoms with van der Waals surface area (Å²) in [6.07, 6.45) is 10.2. The lowest BCUT2D eigenvalue weighted by Gasteiger charge is -2.41. The second kappa shape index (κ2) is 6.80. The van der Waals surface area contributed by atoms with E-state index in [0.29, 0.717) is 6.54 Å². The molecule has 1 amide bonds. The van der Waals surface area contributed by atoms with Gasteiger partial charge in [0, 0.05) is 19.3 Å². The first-order valence-corrected chi connectivity index (χ1v) is 9.15. The maximum atomic E-state index is 12.8. The third kappa shape index (κ3) is 3.23. The summed E-state index contributed by atoms with van der Waals surface area (Å²) in [5.41, 5.74) is 1.92. The molecule has 1 aliphatic heterocycles. The molecule has 2 fully saturated rings. The molecular weight excluding hydrogens is 298 g/mol. The van der Waals surface area contributed by atoms with Crippen molar-refractivity contribution < 1.29 is 4.79 Å². The standard InChI is InChI=1S/C20H25N3O/c24-20(22-11-10-17-8-4-5-9-18(17)14-22)19-12-21-23(15-19)13-16-6-2-1-3-7-16/h1-3,6-7,12,15,17-18H,4-5,8-11,13-14H2/t17-,18+/m0/s1. The van der Waals surface area contributed by atoms with Crippen LogP contribution < -0.4 is 0 Å². The smallest absolute Gasteiger partial charge is 0.257 e. The van der Waals surface area contributed by atoms with Gasteiger partial charge in [-0.05, 0) is 30.2 Å². The van der Waals surface area contributed by atoms with Crippen molar-refractivity contribution in [3.8, 4) is 0 Å². The molecule has 0 N–H and O–H groups in total. The average molecular weight is 323 g/mol. The lowest BCUT2D eigenvalue weighted by Crippen LogP contribution is -2.44. The number of fused-ring (bicyclic) bond motifs is 1. The number of carbonyl (C=O) groups is 1.